The minimum absolute atomic E-state index is 0.404. The lowest BCUT2D eigenvalue weighted by atomic mass is 10.00. The van der Waals surface area contributed by atoms with Gasteiger partial charge >= 0.3 is 0 Å². The molecule has 1 aromatic carbocycles. The molecule has 4 nitrogen and oxygen atoms in total. The number of thiazole rings is 1. The largest absolute Gasteiger partial charge is 0.357 e. The third-order valence-corrected chi connectivity index (χ3v) is 4.64. The van der Waals surface area contributed by atoms with Crippen molar-refractivity contribution in [2.75, 3.05) is 19.6 Å². The Balaban J connectivity index is 1.87. The van der Waals surface area contributed by atoms with Crippen LogP contribution in [0.3, 0.4) is 0 Å². The lowest BCUT2D eigenvalue weighted by Gasteiger charge is -2.14. The molecule has 1 heterocycles. The number of aromatic nitrogens is 1. The maximum Gasteiger partial charge on any atom is 0.191 e. The van der Waals surface area contributed by atoms with E-state index in [9.17, 15) is 0 Å². The Kier molecular flexibility index (Phi) is 7.25. The number of rotatable bonds is 7. The minimum atomic E-state index is 0.404. The predicted molar refractivity (Wildman–Crippen MR) is 104 cm³/mol. The summed E-state index contributed by atoms with van der Waals surface area (Å²) in [6, 6.07) is 8.67. The van der Waals surface area contributed by atoms with E-state index in [0.29, 0.717) is 5.92 Å². The first-order valence-corrected chi connectivity index (χ1v) is 9.46. The molecule has 0 aliphatic carbocycles. The van der Waals surface area contributed by atoms with Crippen LogP contribution in [0.4, 0.5) is 0 Å². The first-order valence-electron chi connectivity index (χ1n) is 8.58. The summed E-state index contributed by atoms with van der Waals surface area (Å²) in [6.45, 7) is 11.0. The molecule has 0 bridgehead atoms. The van der Waals surface area contributed by atoms with E-state index in [4.69, 9.17) is 4.99 Å². The molecule has 0 spiro atoms. The molecule has 1 unspecified atom stereocenters. The van der Waals surface area contributed by atoms with Crippen molar-refractivity contribution < 1.29 is 0 Å². The second-order valence-corrected chi connectivity index (χ2v) is 7.13. The molecule has 2 aromatic rings. The molecular formula is C19H28N4S. The van der Waals surface area contributed by atoms with Gasteiger partial charge in [0.25, 0.3) is 0 Å². The SMILES string of the molecule is CCNC(=NCC(C)c1cccc(C)c1)NCCc1csc(C)n1. The Morgan fingerprint density at radius 3 is 2.79 bits per heavy atom. The molecule has 0 saturated heterocycles. The molecule has 2 N–H and O–H groups in total. The average molecular weight is 345 g/mol. The first-order chi connectivity index (χ1) is 11.6. The molecule has 2 rings (SSSR count). The minimum Gasteiger partial charge on any atom is -0.357 e. The molecule has 0 saturated carbocycles. The number of benzene rings is 1. The van der Waals surface area contributed by atoms with E-state index in [-0.39, 0.29) is 0 Å². The van der Waals surface area contributed by atoms with Crippen molar-refractivity contribution in [1.82, 2.24) is 15.6 Å². The maximum atomic E-state index is 4.73. The summed E-state index contributed by atoms with van der Waals surface area (Å²) < 4.78 is 0. The topological polar surface area (TPSA) is 49.3 Å². The number of hydrogen-bond donors (Lipinski definition) is 2. The van der Waals surface area contributed by atoms with Crippen molar-refractivity contribution in [2.24, 2.45) is 4.99 Å². The molecule has 0 fully saturated rings. The van der Waals surface area contributed by atoms with Gasteiger partial charge in [0, 0.05) is 37.4 Å². The zero-order valence-electron chi connectivity index (χ0n) is 15.1. The lowest BCUT2D eigenvalue weighted by molar-refractivity contribution is 0.743. The van der Waals surface area contributed by atoms with Gasteiger partial charge in [-0.05, 0) is 26.3 Å². The van der Waals surface area contributed by atoms with Crippen molar-refractivity contribution >= 4 is 17.3 Å². The predicted octanol–water partition coefficient (Wildman–Crippen LogP) is 3.66. The standard InChI is InChI=1S/C19H28N4S/c1-5-20-19(21-10-9-18-13-24-16(4)23-18)22-12-15(3)17-8-6-7-14(2)11-17/h6-8,11,13,15H,5,9-10,12H2,1-4H3,(H2,20,21,22). The molecule has 1 atom stereocenters. The number of aryl methyl sites for hydroxylation is 2. The first kappa shape index (κ1) is 18.5. The van der Waals surface area contributed by atoms with Crippen molar-refractivity contribution in [2.45, 2.75) is 40.0 Å². The van der Waals surface area contributed by atoms with Crippen molar-refractivity contribution in [3.8, 4) is 0 Å². The van der Waals surface area contributed by atoms with Gasteiger partial charge in [0.1, 0.15) is 0 Å². The molecule has 0 radical (unpaired) electrons. The van der Waals surface area contributed by atoms with Gasteiger partial charge in [-0.25, -0.2) is 4.98 Å². The monoisotopic (exact) mass is 344 g/mol. The number of hydrogen-bond acceptors (Lipinski definition) is 3. The fraction of sp³-hybridized carbons (Fsp3) is 0.474. The summed E-state index contributed by atoms with van der Waals surface area (Å²) in [5, 5.41) is 9.96. The summed E-state index contributed by atoms with van der Waals surface area (Å²) >= 11 is 1.70. The Bertz CT molecular complexity index is 663. The summed E-state index contributed by atoms with van der Waals surface area (Å²) in [4.78, 5) is 9.23. The van der Waals surface area contributed by atoms with Crippen LogP contribution in [0.15, 0.2) is 34.6 Å². The Morgan fingerprint density at radius 1 is 1.29 bits per heavy atom. The third-order valence-electron chi connectivity index (χ3n) is 3.82. The quantitative estimate of drug-likeness (QED) is 0.595. The third kappa shape index (κ3) is 5.96. The fourth-order valence-electron chi connectivity index (χ4n) is 2.48. The average Bonchev–Trinajstić information content (AvgIpc) is 2.97. The highest BCUT2D eigenvalue weighted by Gasteiger charge is 2.06. The van der Waals surface area contributed by atoms with Gasteiger partial charge in [0.05, 0.1) is 10.7 Å². The second-order valence-electron chi connectivity index (χ2n) is 6.07. The fourth-order valence-corrected chi connectivity index (χ4v) is 3.13. The van der Waals surface area contributed by atoms with Crippen molar-refractivity contribution in [3.63, 3.8) is 0 Å². The Hall–Kier alpha value is -1.88. The molecule has 0 aliphatic heterocycles. The number of guanidine groups is 1. The number of nitrogens with one attached hydrogen (secondary N) is 2. The van der Waals surface area contributed by atoms with Crippen LogP contribution in [0.2, 0.25) is 0 Å². The molecule has 1 aromatic heterocycles. The van der Waals surface area contributed by atoms with Crippen molar-refractivity contribution in [1.29, 1.82) is 0 Å². The van der Waals surface area contributed by atoms with E-state index in [1.165, 1.54) is 11.1 Å². The Morgan fingerprint density at radius 2 is 2.12 bits per heavy atom. The summed E-state index contributed by atoms with van der Waals surface area (Å²) in [7, 11) is 0. The van der Waals surface area contributed by atoms with Crippen LogP contribution >= 0.6 is 11.3 Å². The molecule has 5 heteroatoms. The van der Waals surface area contributed by atoms with Crippen LogP contribution in [0.5, 0.6) is 0 Å². The zero-order chi connectivity index (χ0) is 17.4. The van der Waals surface area contributed by atoms with E-state index in [1.54, 1.807) is 11.3 Å². The highest BCUT2D eigenvalue weighted by atomic mass is 32.1. The van der Waals surface area contributed by atoms with E-state index >= 15 is 0 Å². The molecule has 130 valence electrons. The molecule has 0 amide bonds. The second kappa shape index (κ2) is 9.42. The van der Waals surface area contributed by atoms with Crippen LogP contribution in [-0.4, -0.2) is 30.6 Å². The molecule has 0 aliphatic rings. The van der Waals surface area contributed by atoms with Crippen LogP contribution in [0.1, 0.15) is 41.6 Å². The van der Waals surface area contributed by atoms with Gasteiger partial charge < -0.3 is 10.6 Å². The summed E-state index contributed by atoms with van der Waals surface area (Å²) in [5.74, 6) is 1.28. The van der Waals surface area contributed by atoms with Crippen LogP contribution in [0.25, 0.3) is 0 Å². The van der Waals surface area contributed by atoms with E-state index in [0.717, 1.165) is 42.7 Å². The van der Waals surface area contributed by atoms with Gasteiger partial charge in [-0.2, -0.15) is 0 Å². The summed E-state index contributed by atoms with van der Waals surface area (Å²) in [5.41, 5.74) is 3.79. The van der Waals surface area contributed by atoms with Gasteiger partial charge in [-0.1, -0.05) is 36.8 Å². The van der Waals surface area contributed by atoms with Gasteiger partial charge in [0.2, 0.25) is 0 Å². The number of aliphatic imine (C=N–C) groups is 1. The van der Waals surface area contributed by atoms with Crippen LogP contribution < -0.4 is 10.6 Å². The van der Waals surface area contributed by atoms with E-state index in [1.807, 2.05) is 6.92 Å². The Labute approximate surface area is 149 Å². The highest BCUT2D eigenvalue weighted by molar-refractivity contribution is 7.09. The number of nitrogens with zero attached hydrogens (tertiary/aromatic N) is 2. The zero-order valence-corrected chi connectivity index (χ0v) is 15.9. The van der Waals surface area contributed by atoms with Gasteiger partial charge in [-0.3, -0.25) is 4.99 Å². The van der Waals surface area contributed by atoms with Crippen LogP contribution in [0, 0.1) is 13.8 Å². The summed E-state index contributed by atoms with van der Waals surface area (Å²) in [6.07, 6.45) is 0.919. The highest BCUT2D eigenvalue weighted by Crippen LogP contribution is 2.16. The molecule has 24 heavy (non-hydrogen) atoms. The van der Waals surface area contributed by atoms with Crippen LogP contribution in [-0.2, 0) is 6.42 Å². The van der Waals surface area contributed by atoms with Crippen molar-refractivity contribution in [3.05, 3.63) is 51.5 Å². The maximum absolute atomic E-state index is 4.73. The smallest absolute Gasteiger partial charge is 0.191 e. The normalized spacial score (nSPS) is 12.9. The van der Waals surface area contributed by atoms with Gasteiger partial charge in [0.15, 0.2) is 5.96 Å². The molecular weight excluding hydrogens is 316 g/mol. The van der Waals surface area contributed by atoms with E-state index < -0.39 is 0 Å². The van der Waals surface area contributed by atoms with E-state index in [2.05, 4.69) is 66.0 Å². The lowest BCUT2D eigenvalue weighted by Crippen LogP contribution is -2.38. The van der Waals surface area contributed by atoms with Gasteiger partial charge in [-0.15, -0.1) is 11.3 Å².